The highest BCUT2D eigenvalue weighted by atomic mass is 32.1. The van der Waals surface area contributed by atoms with Crippen molar-refractivity contribution >= 4 is 23.0 Å². The summed E-state index contributed by atoms with van der Waals surface area (Å²) in [6, 6.07) is 9.16. The highest BCUT2D eigenvalue weighted by Gasteiger charge is 2.04. The van der Waals surface area contributed by atoms with Gasteiger partial charge in [0.2, 0.25) is 0 Å². The molecule has 0 bridgehead atoms. The van der Waals surface area contributed by atoms with Crippen molar-refractivity contribution in [3.63, 3.8) is 0 Å². The van der Waals surface area contributed by atoms with E-state index in [0.29, 0.717) is 11.4 Å². The van der Waals surface area contributed by atoms with Crippen LogP contribution in [0.2, 0.25) is 0 Å². The van der Waals surface area contributed by atoms with Gasteiger partial charge >= 0.3 is 0 Å². The van der Waals surface area contributed by atoms with Crippen molar-refractivity contribution in [2.75, 3.05) is 5.32 Å². The van der Waals surface area contributed by atoms with Gasteiger partial charge in [0, 0.05) is 0 Å². The first kappa shape index (κ1) is 10.6. The van der Waals surface area contributed by atoms with Crippen LogP contribution in [0.15, 0.2) is 12.1 Å². The molecule has 0 saturated heterocycles. The Kier molecular flexibility index (Phi) is 3.55. The maximum absolute atomic E-state index is 5.52. The van der Waals surface area contributed by atoms with Crippen LogP contribution < -0.4 is 15.8 Å². The number of thiocarbonyl (C=S) groups is 1. The fourth-order valence-electron chi connectivity index (χ4n) is 0.944. The standard InChI is InChI=1S/C10H12N2OS/c1-7(2)13-9-6-4-3-5-8(9)12-10(11)14/h4,6-7H,1-2H3,(H3,11,12,14). The van der Waals surface area contributed by atoms with Crippen LogP contribution in [0.3, 0.4) is 0 Å². The summed E-state index contributed by atoms with van der Waals surface area (Å²) in [5, 5.41) is 2.97. The van der Waals surface area contributed by atoms with E-state index in [2.05, 4.69) is 17.4 Å². The zero-order valence-electron chi connectivity index (χ0n) is 8.13. The topological polar surface area (TPSA) is 47.3 Å². The zero-order valence-corrected chi connectivity index (χ0v) is 8.94. The lowest BCUT2D eigenvalue weighted by atomic mass is 10.3. The van der Waals surface area contributed by atoms with Crippen LogP contribution in [0.5, 0.6) is 5.75 Å². The van der Waals surface area contributed by atoms with Crippen LogP contribution in [0.25, 0.3) is 0 Å². The lowest BCUT2D eigenvalue weighted by molar-refractivity contribution is 0.244. The number of anilines is 1. The number of hydrogen-bond donors (Lipinski definition) is 2. The molecular formula is C10H12N2OS. The van der Waals surface area contributed by atoms with E-state index in [-0.39, 0.29) is 11.2 Å². The van der Waals surface area contributed by atoms with Gasteiger partial charge in [0.05, 0.1) is 6.10 Å². The minimum atomic E-state index is 0.0951. The Balaban J connectivity index is 2.85. The third-order valence-electron chi connectivity index (χ3n) is 1.37. The molecule has 0 unspecified atom stereocenters. The molecule has 0 heterocycles. The van der Waals surface area contributed by atoms with Crippen LogP contribution >= 0.6 is 12.2 Å². The van der Waals surface area contributed by atoms with Gasteiger partial charge in [-0.3, -0.25) is 0 Å². The maximum atomic E-state index is 5.52. The van der Waals surface area contributed by atoms with Crippen LogP contribution in [-0.2, 0) is 0 Å². The molecule has 0 aliphatic heterocycles. The highest BCUT2D eigenvalue weighted by Crippen LogP contribution is 2.21. The van der Waals surface area contributed by atoms with E-state index in [1.54, 1.807) is 12.1 Å². The lowest BCUT2D eigenvalue weighted by Gasteiger charge is -2.12. The monoisotopic (exact) mass is 208 g/mol. The second-order valence-electron chi connectivity index (χ2n) is 3.00. The lowest BCUT2D eigenvalue weighted by Crippen LogP contribution is -2.19. The molecule has 0 saturated carbocycles. The normalized spacial score (nSPS) is 9.36. The Hall–Kier alpha value is -1.47. The fraction of sp³-hybridized carbons (Fsp3) is 0.300. The molecule has 0 spiro atoms. The molecular weight excluding hydrogens is 196 g/mol. The van der Waals surface area contributed by atoms with E-state index in [1.165, 1.54) is 0 Å². The average molecular weight is 208 g/mol. The van der Waals surface area contributed by atoms with Crippen molar-refractivity contribution in [3.05, 3.63) is 24.3 Å². The van der Waals surface area contributed by atoms with Crippen molar-refractivity contribution in [3.8, 4) is 5.75 Å². The van der Waals surface area contributed by atoms with E-state index in [1.807, 2.05) is 13.8 Å². The molecule has 1 aromatic rings. The SMILES string of the molecule is CC(C)Oc1ccc#cc1NC(N)=S. The smallest absolute Gasteiger partial charge is 0.168 e. The molecule has 0 aromatic heterocycles. The summed E-state index contributed by atoms with van der Waals surface area (Å²) >= 11 is 4.73. The Labute approximate surface area is 89.3 Å². The summed E-state index contributed by atoms with van der Waals surface area (Å²) in [7, 11) is 0. The van der Waals surface area contributed by atoms with Crippen molar-refractivity contribution < 1.29 is 4.74 Å². The number of ether oxygens (including phenoxy) is 1. The molecule has 3 N–H and O–H groups in total. The summed E-state index contributed by atoms with van der Waals surface area (Å²) in [5.74, 6) is 0.673. The Bertz CT molecular complexity index is 326. The van der Waals surface area contributed by atoms with Crippen LogP contribution in [0.4, 0.5) is 5.69 Å². The number of rotatable bonds is 3. The van der Waals surface area contributed by atoms with Crippen LogP contribution in [-0.4, -0.2) is 11.2 Å². The molecule has 0 fully saturated rings. The predicted molar refractivity (Wildman–Crippen MR) is 60.3 cm³/mol. The molecule has 3 nitrogen and oxygen atoms in total. The molecule has 1 aromatic carbocycles. The van der Waals surface area contributed by atoms with Crippen molar-refractivity contribution in [1.82, 2.24) is 0 Å². The van der Waals surface area contributed by atoms with Gasteiger partial charge in [-0.2, -0.15) is 0 Å². The maximum Gasteiger partial charge on any atom is 0.168 e. The van der Waals surface area contributed by atoms with Gasteiger partial charge in [0.25, 0.3) is 0 Å². The van der Waals surface area contributed by atoms with Gasteiger partial charge in [-0.05, 0) is 44.3 Å². The number of nitrogens with two attached hydrogens (primary N) is 1. The summed E-state index contributed by atoms with van der Waals surface area (Å²) in [6.45, 7) is 3.89. The minimum absolute atomic E-state index is 0.0951. The summed E-state index contributed by atoms with van der Waals surface area (Å²) < 4.78 is 5.52. The van der Waals surface area contributed by atoms with Crippen LogP contribution in [0, 0.1) is 12.1 Å². The number of nitrogens with one attached hydrogen (secondary N) is 1. The van der Waals surface area contributed by atoms with Gasteiger partial charge in [-0.15, -0.1) is 0 Å². The van der Waals surface area contributed by atoms with Gasteiger partial charge in [-0.1, -0.05) is 6.07 Å². The fourth-order valence-corrected chi connectivity index (χ4v) is 1.05. The predicted octanol–water partition coefficient (Wildman–Crippen LogP) is 1.73. The Morgan fingerprint density at radius 3 is 2.93 bits per heavy atom. The molecule has 14 heavy (non-hydrogen) atoms. The van der Waals surface area contributed by atoms with Crippen LogP contribution in [0.1, 0.15) is 13.8 Å². The molecule has 4 heteroatoms. The Morgan fingerprint density at radius 1 is 1.64 bits per heavy atom. The van der Waals surface area contributed by atoms with Crippen molar-refractivity contribution in [2.45, 2.75) is 20.0 Å². The quantitative estimate of drug-likeness (QED) is 0.743. The van der Waals surface area contributed by atoms with Gasteiger partial charge in [0.1, 0.15) is 5.69 Å². The zero-order chi connectivity index (χ0) is 10.6. The van der Waals surface area contributed by atoms with Crippen molar-refractivity contribution in [2.24, 2.45) is 5.73 Å². The molecule has 0 radical (unpaired) electrons. The first-order valence-corrected chi connectivity index (χ1v) is 4.66. The summed E-state index contributed by atoms with van der Waals surface area (Å²) in [5.41, 5.74) is 5.97. The number of hydrogen-bond acceptors (Lipinski definition) is 2. The molecule has 1 rings (SSSR count). The third kappa shape index (κ3) is 3.11. The summed E-state index contributed by atoms with van der Waals surface area (Å²) in [6.07, 6.45) is 0.0951. The first-order valence-electron chi connectivity index (χ1n) is 4.25. The average Bonchev–Trinajstić information content (AvgIpc) is 2.06. The van der Waals surface area contributed by atoms with E-state index in [0.717, 1.165) is 0 Å². The Morgan fingerprint density at radius 2 is 2.36 bits per heavy atom. The molecule has 0 aliphatic carbocycles. The van der Waals surface area contributed by atoms with Gasteiger partial charge in [0.15, 0.2) is 10.9 Å². The molecule has 0 atom stereocenters. The van der Waals surface area contributed by atoms with Gasteiger partial charge < -0.3 is 15.8 Å². The van der Waals surface area contributed by atoms with E-state index < -0.39 is 0 Å². The van der Waals surface area contributed by atoms with Gasteiger partial charge in [-0.25, -0.2) is 0 Å². The van der Waals surface area contributed by atoms with E-state index >= 15 is 0 Å². The third-order valence-corrected chi connectivity index (χ3v) is 1.47. The van der Waals surface area contributed by atoms with E-state index in [9.17, 15) is 0 Å². The molecule has 0 amide bonds. The first-order chi connectivity index (χ1) is 6.59. The minimum Gasteiger partial charge on any atom is -0.488 e. The van der Waals surface area contributed by atoms with Crippen molar-refractivity contribution in [1.29, 1.82) is 0 Å². The summed E-state index contributed by atoms with van der Waals surface area (Å²) in [4.78, 5) is 0. The second kappa shape index (κ2) is 4.68. The van der Waals surface area contributed by atoms with E-state index in [4.69, 9.17) is 22.7 Å². The second-order valence-corrected chi connectivity index (χ2v) is 3.44. The molecule has 74 valence electrons. The highest BCUT2D eigenvalue weighted by molar-refractivity contribution is 7.80. The molecule has 0 aliphatic rings. The largest absolute Gasteiger partial charge is 0.488 e.